The summed E-state index contributed by atoms with van der Waals surface area (Å²) in [5.41, 5.74) is 0. The quantitative estimate of drug-likeness (QED) is 0.780. The molecular weight excluding hydrogens is 220 g/mol. The van der Waals surface area contributed by atoms with E-state index in [0.29, 0.717) is 12.1 Å². The molecule has 108 valence electrons. The lowest BCUT2D eigenvalue weighted by Crippen LogP contribution is -2.55. The molecule has 1 aliphatic rings. The van der Waals surface area contributed by atoms with Crippen LogP contribution in [0.3, 0.4) is 0 Å². The molecular formula is C16H34N2. The monoisotopic (exact) mass is 254 g/mol. The molecule has 0 bridgehead atoms. The molecule has 2 heteroatoms. The number of nitrogens with one attached hydrogen (secondary N) is 1. The van der Waals surface area contributed by atoms with Crippen LogP contribution >= 0.6 is 0 Å². The van der Waals surface area contributed by atoms with Crippen LogP contribution in [0.15, 0.2) is 0 Å². The van der Waals surface area contributed by atoms with E-state index in [9.17, 15) is 0 Å². The van der Waals surface area contributed by atoms with Crippen LogP contribution in [-0.4, -0.2) is 36.6 Å². The van der Waals surface area contributed by atoms with E-state index in [1.54, 1.807) is 0 Å². The van der Waals surface area contributed by atoms with Crippen molar-refractivity contribution in [1.82, 2.24) is 10.2 Å². The number of rotatable bonds is 6. The Hall–Kier alpha value is -0.0800. The number of nitrogens with zero attached hydrogens (tertiary/aromatic N) is 1. The average Bonchev–Trinajstić information content (AvgIpc) is 2.34. The van der Waals surface area contributed by atoms with E-state index < -0.39 is 0 Å². The molecule has 1 rings (SSSR count). The predicted molar refractivity (Wildman–Crippen MR) is 80.9 cm³/mol. The summed E-state index contributed by atoms with van der Waals surface area (Å²) in [4.78, 5) is 2.73. The Morgan fingerprint density at radius 2 is 1.83 bits per heavy atom. The summed E-state index contributed by atoms with van der Waals surface area (Å²) in [6, 6.07) is 2.08. The van der Waals surface area contributed by atoms with E-state index in [0.717, 1.165) is 17.9 Å². The Labute approximate surface area is 115 Å². The van der Waals surface area contributed by atoms with E-state index in [2.05, 4.69) is 51.9 Å². The second-order valence-corrected chi connectivity index (χ2v) is 6.61. The van der Waals surface area contributed by atoms with Crippen LogP contribution in [0.25, 0.3) is 0 Å². The zero-order valence-corrected chi connectivity index (χ0v) is 13.4. The van der Waals surface area contributed by atoms with Gasteiger partial charge in [0.1, 0.15) is 0 Å². The molecule has 0 amide bonds. The Morgan fingerprint density at radius 3 is 2.28 bits per heavy atom. The first-order valence-electron chi connectivity index (χ1n) is 7.94. The largest absolute Gasteiger partial charge is 0.315 e. The van der Waals surface area contributed by atoms with Crippen molar-refractivity contribution in [3.63, 3.8) is 0 Å². The minimum absolute atomic E-state index is 0.664. The summed E-state index contributed by atoms with van der Waals surface area (Å²) in [5.74, 6) is 1.75. The maximum Gasteiger partial charge on any atom is 0.0254 e. The molecule has 1 N–H and O–H groups in total. The van der Waals surface area contributed by atoms with Gasteiger partial charge in [0.2, 0.25) is 0 Å². The summed E-state index contributed by atoms with van der Waals surface area (Å²) in [7, 11) is 2.14. The topological polar surface area (TPSA) is 15.3 Å². The maximum absolute atomic E-state index is 3.57. The van der Waals surface area contributed by atoms with Crippen LogP contribution in [-0.2, 0) is 0 Å². The lowest BCUT2D eigenvalue weighted by molar-refractivity contribution is 0.0628. The van der Waals surface area contributed by atoms with Crippen LogP contribution < -0.4 is 5.32 Å². The van der Waals surface area contributed by atoms with Crippen molar-refractivity contribution in [2.24, 2.45) is 11.8 Å². The van der Waals surface area contributed by atoms with Gasteiger partial charge in [-0.25, -0.2) is 0 Å². The molecule has 3 unspecified atom stereocenters. The normalized spacial score (nSPS) is 29.5. The Balaban J connectivity index is 2.76. The highest BCUT2D eigenvalue weighted by Crippen LogP contribution is 2.33. The smallest absolute Gasteiger partial charge is 0.0254 e. The number of likely N-dealkylation sites (N-methyl/N-ethyl adjacent to an activating group) is 1. The van der Waals surface area contributed by atoms with Gasteiger partial charge in [0, 0.05) is 18.1 Å². The first-order valence-corrected chi connectivity index (χ1v) is 7.94. The Bertz CT molecular complexity index is 225. The molecule has 2 nitrogen and oxygen atoms in total. The van der Waals surface area contributed by atoms with E-state index in [-0.39, 0.29) is 0 Å². The van der Waals surface area contributed by atoms with Gasteiger partial charge < -0.3 is 5.32 Å². The maximum atomic E-state index is 3.57. The molecule has 0 radical (unpaired) electrons. The molecule has 1 aliphatic carbocycles. The molecule has 0 aromatic rings. The fraction of sp³-hybridized carbons (Fsp3) is 1.00. The second kappa shape index (κ2) is 7.49. The third-order valence-corrected chi connectivity index (χ3v) is 4.74. The molecule has 0 aromatic heterocycles. The molecule has 0 heterocycles. The fourth-order valence-electron chi connectivity index (χ4n) is 3.55. The minimum Gasteiger partial charge on any atom is -0.315 e. The lowest BCUT2D eigenvalue weighted by atomic mass is 9.76. The van der Waals surface area contributed by atoms with Gasteiger partial charge in [-0.2, -0.15) is 0 Å². The van der Waals surface area contributed by atoms with Crippen LogP contribution in [0.4, 0.5) is 0 Å². The summed E-state index contributed by atoms with van der Waals surface area (Å²) >= 11 is 0. The van der Waals surface area contributed by atoms with Crippen molar-refractivity contribution in [2.45, 2.75) is 78.4 Å². The van der Waals surface area contributed by atoms with Gasteiger partial charge in [0.15, 0.2) is 0 Å². The van der Waals surface area contributed by atoms with Crippen molar-refractivity contribution < 1.29 is 0 Å². The summed E-state index contributed by atoms with van der Waals surface area (Å²) in [5, 5.41) is 3.57. The van der Waals surface area contributed by atoms with Crippen molar-refractivity contribution in [1.29, 1.82) is 0 Å². The van der Waals surface area contributed by atoms with E-state index >= 15 is 0 Å². The van der Waals surface area contributed by atoms with Gasteiger partial charge >= 0.3 is 0 Å². The van der Waals surface area contributed by atoms with Crippen LogP contribution in [0.5, 0.6) is 0 Å². The Morgan fingerprint density at radius 1 is 1.17 bits per heavy atom. The third kappa shape index (κ3) is 3.96. The van der Waals surface area contributed by atoms with Crippen LogP contribution in [0.2, 0.25) is 0 Å². The van der Waals surface area contributed by atoms with Crippen molar-refractivity contribution in [3.05, 3.63) is 0 Å². The predicted octanol–water partition coefficient (Wildman–Crippen LogP) is 3.52. The standard InChI is InChI=1S/C16H34N2/c1-7-10-18(13(4)5)16-11-14(12(2)3)8-9-15(16)17-6/h12-17H,7-11H2,1-6H3. The third-order valence-electron chi connectivity index (χ3n) is 4.74. The molecule has 0 spiro atoms. The summed E-state index contributed by atoms with van der Waals surface area (Å²) in [6.45, 7) is 13.0. The number of hydrogen-bond acceptors (Lipinski definition) is 2. The Kier molecular flexibility index (Phi) is 6.65. The highest BCUT2D eigenvalue weighted by molar-refractivity contribution is 4.92. The van der Waals surface area contributed by atoms with E-state index in [1.807, 2.05) is 0 Å². The van der Waals surface area contributed by atoms with Crippen LogP contribution in [0.1, 0.15) is 60.3 Å². The van der Waals surface area contributed by atoms with E-state index in [4.69, 9.17) is 0 Å². The second-order valence-electron chi connectivity index (χ2n) is 6.61. The molecule has 0 saturated heterocycles. The van der Waals surface area contributed by atoms with Crippen molar-refractivity contribution >= 4 is 0 Å². The van der Waals surface area contributed by atoms with Gasteiger partial charge in [-0.05, 0) is 65.0 Å². The van der Waals surface area contributed by atoms with Gasteiger partial charge in [-0.1, -0.05) is 20.8 Å². The van der Waals surface area contributed by atoms with Gasteiger partial charge in [0.05, 0.1) is 0 Å². The number of hydrogen-bond donors (Lipinski definition) is 1. The zero-order valence-electron chi connectivity index (χ0n) is 13.4. The van der Waals surface area contributed by atoms with Crippen molar-refractivity contribution in [2.75, 3.05) is 13.6 Å². The summed E-state index contributed by atoms with van der Waals surface area (Å²) in [6.07, 6.45) is 5.38. The molecule has 1 fully saturated rings. The zero-order chi connectivity index (χ0) is 13.7. The first-order chi connectivity index (χ1) is 8.51. The SMILES string of the molecule is CCCN(C(C)C)C1CC(C(C)C)CCC1NC. The van der Waals surface area contributed by atoms with Gasteiger partial charge in [-0.15, -0.1) is 0 Å². The lowest BCUT2D eigenvalue weighted by Gasteiger charge is -2.45. The highest BCUT2D eigenvalue weighted by atomic mass is 15.2. The highest BCUT2D eigenvalue weighted by Gasteiger charge is 2.35. The summed E-state index contributed by atoms with van der Waals surface area (Å²) < 4.78 is 0. The molecule has 18 heavy (non-hydrogen) atoms. The molecule has 1 saturated carbocycles. The molecule has 0 aliphatic heterocycles. The average molecular weight is 254 g/mol. The van der Waals surface area contributed by atoms with Gasteiger partial charge in [-0.3, -0.25) is 4.90 Å². The van der Waals surface area contributed by atoms with Gasteiger partial charge in [0.25, 0.3) is 0 Å². The minimum atomic E-state index is 0.664. The molecule has 0 aromatic carbocycles. The van der Waals surface area contributed by atoms with Crippen molar-refractivity contribution in [3.8, 4) is 0 Å². The first kappa shape index (κ1) is 16.0. The van der Waals surface area contributed by atoms with E-state index in [1.165, 1.54) is 32.2 Å². The fourth-order valence-corrected chi connectivity index (χ4v) is 3.55. The van der Waals surface area contributed by atoms with Crippen LogP contribution in [0, 0.1) is 11.8 Å². The molecule has 3 atom stereocenters.